The van der Waals surface area contributed by atoms with Crippen LogP contribution in [0.5, 0.6) is 0 Å². The summed E-state index contributed by atoms with van der Waals surface area (Å²) in [5, 5.41) is 4.63. The molecule has 1 aromatic carbocycles. The molecule has 1 aliphatic carbocycles. The van der Waals surface area contributed by atoms with Gasteiger partial charge in [0.1, 0.15) is 5.01 Å². The number of rotatable bonds is 3. The fraction of sp³-hybridized carbons (Fsp3) is 0.421. The average Bonchev–Trinajstić information content (AvgIpc) is 3.18. The van der Waals surface area contributed by atoms with Gasteiger partial charge in [0, 0.05) is 11.9 Å². The summed E-state index contributed by atoms with van der Waals surface area (Å²) >= 11 is 3.26. The maximum Gasteiger partial charge on any atom is 0.323 e. The smallest absolute Gasteiger partial charge is 0.318 e. The standard InChI is InChI=1S/C19H22N4OS2/c1-12(17-20-13-9-6-7-11-15(13)25-17)23(2)19(24)22-18-21-14-8-4-3-5-10-16(14)26-18/h6-7,9,11-12H,3-5,8,10H2,1-2H3,(H,21,22,24). The summed E-state index contributed by atoms with van der Waals surface area (Å²) in [6.45, 7) is 2.01. The zero-order chi connectivity index (χ0) is 18.1. The Morgan fingerprint density at radius 1 is 1.15 bits per heavy atom. The third-order valence-corrected chi connectivity index (χ3v) is 7.16. The van der Waals surface area contributed by atoms with Crippen LogP contribution in [0.15, 0.2) is 24.3 Å². The predicted molar refractivity (Wildman–Crippen MR) is 108 cm³/mol. The molecule has 0 aliphatic heterocycles. The first kappa shape index (κ1) is 17.4. The lowest BCUT2D eigenvalue weighted by atomic mass is 10.2. The summed E-state index contributed by atoms with van der Waals surface area (Å²) in [6.07, 6.45) is 5.80. The second-order valence-corrected chi connectivity index (χ2v) is 8.83. The van der Waals surface area contributed by atoms with Crippen LogP contribution in [0.1, 0.15) is 47.8 Å². The molecule has 0 radical (unpaired) electrons. The molecular weight excluding hydrogens is 364 g/mol. The Morgan fingerprint density at radius 3 is 2.81 bits per heavy atom. The quantitative estimate of drug-likeness (QED) is 0.626. The summed E-state index contributed by atoms with van der Waals surface area (Å²) in [5.41, 5.74) is 2.15. The van der Waals surface area contributed by atoms with Gasteiger partial charge in [0.25, 0.3) is 0 Å². The Labute approximate surface area is 161 Å². The highest BCUT2D eigenvalue weighted by Gasteiger charge is 2.22. The van der Waals surface area contributed by atoms with Gasteiger partial charge in [-0.1, -0.05) is 18.6 Å². The number of aromatic nitrogens is 2. The molecule has 26 heavy (non-hydrogen) atoms. The van der Waals surface area contributed by atoms with Gasteiger partial charge in [0.05, 0.1) is 22.0 Å². The van der Waals surface area contributed by atoms with Crippen LogP contribution in [-0.2, 0) is 12.8 Å². The van der Waals surface area contributed by atoms with Crippen LogP contribution in [0.3, 0.4) is 0 Å². The number of thiazole rings is 2. The van der Waals surface area contributed by atoms with E-state index in [0.29, 0.717) is 5.13 Å². The normalized spacial score (nSPS) is 15.3. The number of nitrogens with one attached hydrogen (secondary N) is 1. The molecular formula is C19H22N4OS2. The minimum atomic E-state index is -0.138. The lowest BCUT2D eigenvalue weighted by Gasteiger charge is -2.22. The monoisotopic (exact) mass is 386 g/mol. The lowest BCUT2D eigenvalue weighted by Crippen LogP contribution is -2.33. The van der Waals surface area contributed by atoms with Crippen molar-refractivity contribution in [3.8, 4) is 0 Å². The summed E-state index contributed by atoms with van der Waals surface area (Å²) < 4.78 is 1.15. The van der Waals surface area contributed by atoms with Crippen LogP contribution >= 0.6 is 22.7 Å². The number of anilines is 1. The second kappa shape index (κ2) is 7.32. The molecule has 2 aromatic heterocycles. The maximum absolute atomic E-state index is 12.7. The molecule has 136 valence electrons. The number of para-hydroxylation sites is 1. The maximum atomic E-state index is 12.7. The number of nitrogens with zero attached hydrogens (tertiary/aromatic N) is 3. The van der Waals surface area contributed by atoms with E-state index >= 15 is 0 Å². The molecule has 1 aliphatic rings. The number of carbonyl (C=O) groups excluding carboxylic acids is 1. The van der Waals surface area contributed by atoms with Crippen molar-refractivity contribution in [3.05, 3.63) is 39.8 Å². The fourth-order valence-corrected chi connectivity index (χ4v) is 5.27. The van der Waals surface area contributed by atoms with Crippen molar-refractivity contribution in [2.75, 3.05) is 12.4 Å². The van der Waals surface area contributed by atoms with Gasteiger partial charge in [-0.2, -0.15) is 0 Å². The zero-order valence-corrected chi connectivity index (χ0v) is 16.6. The van der Waals surface area contributed by atoms with Crippen molar-refractivity contribution in [1.82, 2.24) is 14.9 Å². The highest BCUT2D eigenvalue weighted by atomic mass is 32.1. The molecule has 7 heteroatoms. The number of carbonyl (C=O) groups is 1. The molecule has 2 amide bonds. The van der Waals surface area contributed by atoms with Gasteiger partial charge >= 0.3 is 6.03 Å². The predicted octanol–water partition coefficient (Wildman–Crippen LogP) is 5.25. The average molecular weight is 387 g/mol. The van der Waals surface area contributed by atoms with Crippen LogP contribution in [0.2, 0.25) is 0 Å². The van der Waals surface area contributed by atoms with Crippen molar-refractivity contribution in [1.29, 1.82) is 0 Å². The van der Waals surface area contributed by atoms with Crippen molar-refractivity contribution >= 4 is 44.1 Å². The Morgan fingerprint density at radius 2 is 1.96 bits per heavy atom. The van der Waals surface area contributed by atoms with Crippen molar-refractivity contribution in [3.63, 3.8) is 0 Å². The Balaban J connectivity index is 1.47. The molecule has 0 spiro atoms. The molecule has 0 saturated carbocycles. The SMILES string of the molecule is CC(c1nc2ccccc2s1)N(C)C(=O)Nc1nc2c(s1)CCCCC2. The number of amides is 2. The lowest BCUT2D eigenvalue weighted by molar-refractivity contribution is 0.208. The highest BCUT2D eigenvalue weighted by molar-refractivity contribution is 7.18. The van der Waals surface area contributed by atoms with Crippen molar-refractivity contribution in [2.24, 2.45) is 0 Å². The number of fused-ring (bicyclic) bond motifs is 2. The molecule has 3 aromatic rings. The van der Waals surface area contributed by atoms with Crippen LogP contribution in [0, 0.1) is 0 Å². The zero-order valence-electron chi connectivity index (χ0n) is 15.0. The minimum absolute atomic E-state index is 0.0924. The van der Waals surface area contributed by atoms with Gasteiger partial charge in [0.15, 0.2) is 5.13 Å². The summed E-state index contributed by atoms with van der Waals surface area (Å²) in [6, 6.07) is 7.83. The topological polar surface area (TPSA) is 58.1 Å². The molecule has 0 saturated heterocycles. The number of aryl methyl sites for hydroxylation is 2. The summed E-state index contributed by atoms with van der Waals surface area (Å²) in [4.78, 5) is 25.0. The molecule has 1 N–H and O–H groups in total. The van der Waals surface area contributed by atoms with E-state index in [2.05, 4.69) is 21.4 Å². The van der Waals surface area contributed by atoms with E-state index in [1.807, 2.05) is 32.2 Å². The van der Waals surface area contributed by atoms with Gasteiger partial charge in [-0.25, -0.2) is 14.8 Å². The number of hydrogen-bond donors (Lipinski definition) is 1. The fourth-order valence-electron chi connectivity index (χ4n) is 3.17. The Bertz CT molecular complexity index is 876. The first-order valence-corrected chi connectivity index (χ1v) is 10.6. The van der Waals surface area contributed by atoms with E-state index in [-0.39, 0.29) is 12.1 Å². The third-order valence-electron chi connectivity index (χ3n) is 4.88. The van der Waals surface area contributed by atoms with E-state index in [4.69, 9.17) is 0 Å². The van der Waals surface area contributed by atoms with Crippen LogP contribution in [0.25, 0.3) is 10.2 Å². The largest absolute Gasteiger partial charge is 0.323 e. The molecule has 5 nitrogen and oxygen atoms in total. The van der Waals surface area contributed by atoms with E-state index in [9.17, 15) is 4.79 Å². The van der Waals surface area contributed by atoms with Crippen LogP contribution in [-0.4, -0.2) is 27.9 Å². The number of urea groups is 1. The van der Waals surface area contributed by atoms with Gasteiger partial charge in [-0.05, 0) is 44.7 Å². The third kappa shape index (κ3) is 3.46. The van der Waals surface area contributed by atoms with Gasteiger partial charge in [-0.3, -0.25) is 5.32 Å². The molecule has 2 heterocycles. The van der Waals surface area contributed by atoms with E-state index in [1.165, 1.54) is 29.8 Å². The number of benzene rings is 1. The molecule has 1 unspecified atom stereocenters. The van der Waals surface area contributed by atoms with E-state index in [1.54, 1.807) is 27.6 Å². The Kier molecular flexibility index (Phi) is 4.91. The molecule has 1 atom stereocenters. The summed E-state index contributed by atoms with van der Waals surface area (Å²) in [7, 11) is 1.81. The minimum Gasteiger partial charge on any atom is -0.318 e. The van der Waals surface area contributed by atoms with Gasteiger partial charge < -0.3 is 4.90 Å². The summed E-state index contributed by atoms with van der Waals surface area (Å²) in [5.74, 6) is 0. The highest BCUT2D eigenvalue weighted by Crippen LogP contribution is 2.31. The first-order chi connectivity index (χ1) is 12.6. The number of hydrogen-bond acceptors (Lipinski definition) is 5. The van der Waals surface area contributed by atoms with Crippen LogP contribution < -0.4 is 5.32 Å². The van der Waals surface area contributed by atoms with Gasteiger partial charge in [-0.15, -0.1) is 22.7 Å². The van der Waals surface area contributed by atoms with Crippen LogP contribution in [0.4, 0.5) is 9.93 Å². The molecule has 4 rings (SSSR count). The van der Waals surface area contributed by atoms with Gasteiger partial charge in [0.2, 0.25) is 0 Å². The van der Waals surface area contributed by atoms with E-state index < -0.39 is 0 Å². The molecule has 0 fully saturated rings. The molecule has 0 bridgehead atoms. The van der Waals surface area contributed by atoms with Crippen molar-refractivity contribution < 1.29 is 4.79 Å². The Hall–Kier alpha value is -1.99. The second-order valence-electron chi connectivity index (χ2n) is 6.69. The first-order valence-electron chi connectivity index (χ1n) is 8.99. The van der Waals surface area contributed by atoms with Crippen molar-refractivity contribution in [2.45, 2.75) is 45.1 Å². The van der Waals surface area contributed by atoms with E-state index in [0.717, 1.165) is 28.1 Å².